The van der Waals surface area contributed by atoms with E-state index in [9.17, 15) is 9.18 Å². The van der Waals surface area contributed by atoms with Gasteiger partial charge in [-0.1, -0.05) is 25.2 Å². The van der Waals surface area contributed by atoms with Crippen LogP contribution in [0.25, 0.3) is 0 Å². The van der Waals surface area contributed by atoms with Gasteiger partial charge in [-0.25, -0.2) is 4.39 Å². The molecular formula is C16H19FN2O. The first-order valence-corrected chi connectivity index (χ1v) is 6.91. The molecule has 4 heteroatoms. The van der Waals surface area contributed by atoms with Gasteiger partial charge in [0.2, 0.25) is 0 Å². The molecule has 2 unspecified atom stereocenters. The molecule has 0 aromatic heterocycles. The van der Waals surface area contributed by atoms with Crippen LogP contribution >= 0.6 is 0 Å². The first-order chi connectivity index (χ1) is 9.61. The van der Waals surface area contributed by atoms with Crippen molar-refractivity contribution in [2.45, 2.75) is 32.2 Å². The molecule has 0 heterocycles. The fourth-order valence-corrected chi connectivity index (χ4v) is 2.57. The lowest BCUT2D eigenvalue weighted by molar-refractivity contribution is 0.0929. The van der Waals surface area contributed by atoms with Crippen LogP contribution in [0.1, 0.15) is 42.1 Å². The van der Waals surface area contributed by atoms with Crippen LogP contribution in [-0.4, -0.2) is 18.5 Å². The van der Waals surface area contributed by atoms with Crippen LogP contribution in [0, 0.1) is 23.6 Å². The molecule has 0 saturated heterocycles. The number of carbonyl (C=O) groups is 1. The van der Waals surface area contributed by atoms with Crippen molar-refractivity contribution in [3.8, 4) is 11.8 Å². The lowest BCUT2D eigenvalue weighted by Crippen LogP contribution is -2.36. The second-order valence-electron chi connectivity index (χ2n) is 5.18. The maximum atomic E-state index is 13.3. The van der Waals surface area contributed by atoms with Crippen molar-refractivity contribution in [2.75, 3.05) is 6.54 Å². The maximum absolute atomic E-state index is 13.3. The molecule has 1 aliphatic carbocycles. The van der Waals surface area contributed by atoms with Gasteiger partial charge < -0.3 is 11.1 Å². The summed E-state index contributed by atoms with van der Waals surface area (Å²) < 4.78 is 13.3. The van der Waals surface area contributed by atoms with E-state index in [1.165, 1.54) is 18.2 Å². The first kappa shape index (κ1) is 14.5. The smallest absolute Gasteiger partial charge is 0.252 e. The molecule has 0 radical (unpaired) electrons. The number of rotatable bonds is 2. The Morgan fingerprint density at radius 2 is 2.30 bits per heavy atom. The molecule has 0 spiro atoms. The van der Waals surface area contributed by atoms with Gasteiger partial charge in [0.15, 0.2) is 0 Å². The number of benzene rings is 1. The molecule has 2 atom stereocenters. The van der Waals surface area contributed by atoms with E-state index < -0.39 is 5.82 Å². The van der Waals surface area contributed by atoms with Gasteiger partial charge in [-0.3, -0.25) is 4.79 Å². The highest BCUT2D eigenvalue weighted by Crippen LogP contribution is 2.25. The van der Waals surface area contributed by atoms with Gasteiger partial charge >= 0.3 is 0 Å². The van der Waals surface area contributed by atoms with Gasteiger partial charge in [0.1, 0.15) is 5.82 Å². The number of hydrogen-bond donors (Lipinski definition) is 2. The SMILES string of the molecule is CC1CCCC1NC(=O)c1ccc(F)cc1C#CCN. The van der Waals surface area contributed by atoms with E-state index in [2.05, 4.69) is 24.1 Å². The highest BCUT2D eigenvalue weighted by molar-refractivity contribution is 5.97. The molecule has 1 amide bonds. The Kier molecular flexibility index (Phi) is 4.75. The molecule has 106 valence electrons. The lowest BCUT2D eigenvalue weighted by atomic mass is 10.0. The summed E-state index contributed by atoms with van der Waals surface area (Å²) in [5.41, 5.74) is 6.12. The minimum atomic E-state index is -0.405. The fraction of sp³-hybridized carbons (Fsp3) is 0.438. The Balaban J connectivity index is 2.20. The van der Waals surface area contributed by atoms with Crippen molar-refractivity contribution in [2.24, 2.45) is 11.7 Å². The van der Waals surface area contributed by atoms with Gasteiger partial charge in [0, 0.05) is 11.6 Å². The molecule has 20 heavy (non-hydrogen) atoms. The standard InChI is InChI=1S/C16H19FN2O/c1-11-4-2-6-15(11)19-16(20)14-8-7-13(17)10-12(14)5-3-9-18/h7-8,10-11,15H,2,4,6,9,18H2,1H3,(H,19,20). The molecule has 1 aromatic rings. The largest absolute Gasteiger partial charge is 0.349 e. The number of nitrogens with one attached hydrogen (secondary N) is 1. The Labute approximate surface area is 118 Å². The molecule has 1 saturated carbocycles. The van der Waals surface area contributed by atoms with Gasteiger partial charge in [-0.2, -0.15) is 0 Å². The zero-order valence-electron chi connectivity index (χ0n) is 11.6. The lowest BCUT2D eigenvalue weighted by Gasteiger charge is -2.17. The second kappa shape index (κ2) is 6.53. The normalized spacial score (nSPS) is 21.1. The number of halogens is 1. The summed E-state index contributed by atoms with van der Waals surface area (Å²) in [5.74, 6) is 5.30. The molecule has 0 bridgehead atoms. The third-order valence-electron chi connectivity index (χ3n) is 3.73. The van der Waals surface area contributed by atoms with E-state index in [1.54, 1.807) is 0 Å². The van der Waals surface area contributed by atoms with E-state index in [-0.39, 0.29) is 18.5 Å². The topological polar surface area (TPSA) is 55.1 Å². The maximum Gasteiger partial charge on any atom is 0.252 e. The molecule has 1 fully saturated rings. The van der Waals surface area contributed by atoms with Gasteiger partial charge in [-0.05, 0) is 37.0 Å². The van der Waals surface area contributed by atoms with Crippen molar-refractivity contribution in [1.82, 2.24) is 5.32 Å². The third-order valence-corrected chi connectivity index (χ3v) is 3.73. The van der Waals surface area contributed by atoms with Crippen LogP contribution in [0.15, 0.2) is 18.2 Å². The predicted octanol–water partition coefficient (Wildman–Crippen LogP) is 2.05. The summed E-state index contributed by atoms with van der Waals surface area (Å²) in [6.45, 7) is 2.31. The predicted molar refractivity (Wildman–Crippen MR) is 76.6 cm³/mol. The number of amides is 1. The van der Waals surface area contributed by atoms with Gasteiger partial charge in [0.05, 0.1) is 12.1 Å². The summed E-state index contributed by atoms with van der Waals surface area (Å²) in [5, 5.41) is 3.02. The summed E-state index contributed by atoms with van der Waals surface area (Å²) >= 11 is 0. The van der Waals surface area contributed by atoms with Crippen molar-refractivity contribution >= 4 is 5.91 Å². The van der Waals surface area contributed by atoms with Crippen molar-refractivity contribution < 1.29 is 9.18 Å². The highest BCUT2D eigenvalue weighted by Gasteiger charge is 2.25. The van der Waals surface area contributed by atoms with Gasteiger partial charge in [-0.15, -0.1) is 0 Å². The molecule has 3 nitrogen and oxygen atoms in total. The molecule has 2 rings (SSSR count). The van der Waals surface area contributed by atoms with E-state index in [4.69, 9.17) is 5.73 Å². The average Bonchev–Trinajstić information content (AvgIpc) is 2.82. The number of nitrogens with two attached hydrogens (primary N) is 1. The van der Waals surface area contributed by atoms with Crippen LogP contribution in [0.2, 0.25) is 0 Å². The van der Waals surface area contributed by atoms with Crippen LogP contribution < -0.4 is 11.1 Å². The van der Waals surface area contributed by atoms with Crippen LogP contribution in [0.3, 0.4) is 0 Å². The Bertz CT molecular complexity index is 559. The zero-order valence-corrected chi connectivity index (χ0v) is 11.6. The van der Waals surface area contributed by atoms with Crippen molar-refractivity contribution in [1.29, 1.82) is 0 Å². The van der Waals surface area contributed by atoms with Crippen LogP contribution in [0.4, 0.5) is 4.39 Å². The zero-order chi connectivity index (χ0) is 14.5. The Hall–Kier alpha value is -1.86. The van der Waals surface area contributed by atoms with Crippen LogP contribution in [-0.2, 0) is 0 Å². The quantitative estimate of drug-likeness (QED) is 0.811. The average molecular weight is 274 g/mol. The summed E-state index contributed by atoms with van der Waals surface area (Å²) in [4.78, 5) is 12.3. The summed E-state index contributed by atoms with van der Waals surface area (Å²) in [6, 6.07) is 4.23. The fourth-order valence-electron chi connectivity index (χ4n) is 2.57. The Morgan fingerprint density at radius 1 is 1.50 bits per heavy atom. The third kappa shape index (κ3) is 3.37. The van der Waals surface area contributed by atoms with E-state index in [1.807, 2.05) is 0 Å². The molecule has 1 aliphatic rings. The first-order valence-electron chi connectivity index (χ1n) is 6.91. The van der Waals surface area contributed by atoms with Gasteiger partial charge in [0.25, 0.3) is 5.91 Å². The van der Waals surface area contributed by atoms with E-state index in [0.29, 0.717) is 17.0 Å². The minimum absolute atomic E-state index is 0.178. The molecule has 1 aromatic carbocycles. The van der Waals surface area contributed by atoms with Crippen molar-refractivity contribution in [3.05, 3.63) is 35.1 Å². The number of carbonyl (C=O) groups excluding carboxylic acids is 1. The minimum Gasteiger partial charge on any atom is -0.349 e. The highest BCUT2D eigenvalue weighted by atomic mass is 19.1. The van der Waals surface area contributed by atoms with E-state index >= 15 is 0 Å². The molecule has 0 aliphatic heterocycles. The summed E-state index contributed by atoms with van der Waals surface area (Å²) in [7, 11) is 0. The van der Waals surface area contributed by atoms with Crippen LogP contribution in [0.5, 0.6) is 0 Å². The molecular weight excluding hydrogens is 255 g/mol. The number of hydrogen-bond acceptors (Lipinski definition) is 2. The molecule has 3 N–H and O–H groups in total. The van der Waals surface area contributed by atoms with E-state index in [0.717, 1.165) is 19.3 Å². The monoisotopic (exact) mass is 274 g/mol. The second-order valence-corrected chi connectivity index (χ2v) is 5.18. The van der Waals surface area contributed by atoms with Crippen molar-refractivity contribution in [3.63, 3.8) is 0 Å². The Morgan fingerprint density at radius 3 is 2.95 bits per heavy atom. The summed E-state index contributed by atoms with van der Waals surface area (Å²) in [6.07, 6.45) is 3.27.